The van der Waals surface area contributed by atoms with Gasteiger partial charge in [0.2, 0.25) is 11.8 Å². The third kappa shape index (κ3) is 5.91. The van der Waals surface area contributed by atoms with Crippen LogP contribution in [0.5, 0.6) is 0 Å². The van der Waals surface area contributed by atoms with Crippen molar-refractivity contribution in [1.82, 2.24) is 25.3 Å². The van der Waals surface area contributed by atoms with Gasteiger partial charge in [-0.2, -0.15) is 4.98 Å². The van der Waals surface area contributed by atoms with Crippen molar-refractivity contribution in [3.8, 4) is 0 Å². The number of hydrogen-bond donors (Lipinski definition) is 1. The van der Waals surface area contributed by atoms with Crippen LogP contribution in [0.15, 0.2) is 59.1 Å². The van der Waals surface area contributed by atoms with Crippen LogP contribution in [-0.4, -0.2) is 58.6 Å². The Morgan fingerprint density at radius 2 is 1.68 bits per heavy atom. The molecule has 2 heterocycles. The number of hydrogen-bond acceptors (Lipinski definition) is 6. The average Bonchev–Trinajstić information content (AvgIpc) is 3.19. The molecule has 1 aliphatic rings. The van der Waals surface area contributed by atoms with Crippen molar-refractivity contribution in [1.29, 1.82) is 0 Å². The largest absolute Gasteiger partial charge is 0.344 e. The lowest BCUT2D eigenvalue weighted by atomic mass is 9.98. The summed E-state index contributed by atoms with van der Waals surface area (Å²) in [5.41, 5.74) is 2.04. The summed E-state index contributed by atoms with van der Waals surface area (Å²) in [6, 6.07) is 17.4. The molecule has 4 rings (SSSR count). The smallest absolute Gasteiger partial charge is 0.240 e. The van der Waals surface area contributed by atoms with E-state index in [4.69, 9.17) is 16.1 Å². The van der Waals surface area contributed by atoms with E-state index in [1.54, 1.807) is 0 Å². The fraction of sp³-hybridized carbons (Fsp3) is 0.348. The maximum absolute atomic E-state index is 12.9. The van der Waals surface area contributed by atoms with E-state index in [1.807, 2.05) is 61.5 Å². The number of aryl methyl sites for hydroxylation is 1. The van der Waals surface area contributed by atoms with Crippen LogP contribution in [0.3, 0.4) is 0 Å². The third-order valence-electron chi connectivity index (χ3n) is 5.40. The van der Waals surface area contributed by atoms with Gasteiger partial charge >= 0.3 is 0 Å². The van der Waals surface area contributed by atoms with E-state index in [0.29, 0.717) is 29.8 Å². The van der Waals surface area contributed by atoms with Crippen molar-refractivity contribution in [2.75, 3.05) is 32.7 Å². The Hall–Kier alpha value is -2.74. The summed E-state index contributed by atoms with van der Waals surface area (Å²) < 4.78 is 5.20. The molecule has 1 N–H and O–H groups in total. The summed E-state index contributed by atoms with van der Waals surface area (Å²) >= 11 is 6.05. The number of carbonyl (C=O) groups is 1. The van der Waals surface area contributed by atoms with Crippen LogP contribution < -0.4 is 5.32 Å². The molecule has 7 nitrogen and oxygen atoms in total. The second kappa shape index (κ2) is 10.0. The van der Waals surface area contributed by atoms with E-state index in [-0.39, 0.29) is 11.9 Å². The lowest BCUT2D eigenvalue weighted by molar-refractivity contribution is -0.123. The standard InChI is InChI=1S/C23H26ClN5O2/c1-17-25-22(31-27-17)16-29-13-11-28(12-14-29)15-21(30)26-23(18-5-3-2-4-6-18)19-7-9-20(24)10-8-19/h2-10,23H,11-16H2,1H3,(H,26,30). The fourth-order valence-corrected chi connectivity index (χ4v) is 3.90. The Morgan fingerprint density at radius 3 is 2.32 bits per heavy atom. The molecule has 1 amide bonds. The number of carbonyl (C=O) groups excluding carboxylic acids is 1. The molecule has 1 fully saturated rings. The van der Waals surface area contributed by atoms with Gasteiger partial charge in [-0.1, -0.05) is 59.2 Å². The van der Waals surface area contributed by atoms with Crippen LogP contribution in [0, 0.1) is 6.92 Å². The summed E-state index contributed by atoms with van der Waals surface area (Å²) in [5, 5.41) is 7.71. The Labute approximate surface area is 187 Å². The number of nitrogens with zero attached hydrogens (tertiary/aromatic N) is 4. The fourth-order valence-electron chi connectivity index (χ4n) is 3.77. The van der Waals surface area contributed by atoms with Crippen LogP contribution in [-0.2, 0) is 11.3 Å². The zero-order valence-electron chi connectivity index (χ0n) is 17.5. The van der Waals surface area contributed by atoms with Gasteiger partial charge in [-0.15, -0.1) is 0 Å². The lowest BCUT2D eigenvalue weighted by Crippen LogP contribution is -2.49. The summed E-state index contributed by atoms with van der Waals surface area (Å²) in [5.74, 6) is 1.29. The first-order chi connectivity index (χ1) is 15.1. The van der Waals surface area contributed by atoms with Gasteiger partial charge in [0.25, 0.3) is 0 Å². The number of rotatable bonds is 7. The molecule has 1 aromatic heterocycles. The highest BCUT2D eigenvalue weighted by Crippen LogP contribution is 2.23. The highest BCUT2D eigenvalue weighted by molar-refractivity contribution is 6.30. The average molecular weight is 440 g/mol. The summed E-state index contributed by atoms with van der Waals surface area (Å²) in [4.78, 5) is 21.6. The van der Waals surface area contributed by atoms with Crippen LogP contribution in [0.4, 0.5) is 0 Å². The molecule has 31 heavy (non-hydrogen) atoms. The first-order valence-corrected chi connectivity index (χ1v) is 10.8. The van der Waals surface area contributed by atoms with Crippen LogP contribution >= 0.6 is 11.6 Å². The van der Waals surface area contributed by atoms with E-state index in [0.717, 1.165) is 37.3 Å². The molecule has 1 unspecified atom stereocenters. The summed E-state index contributed by atoms with van der Waals surface area (Å²) in [6.45, 7) is 6.17. The zero-order valence-corrected chi connectivity index (χ0v) is 18.3. The monoisotopic (exact) mass is 439 g/mol. The van der Waals surface area contributed by atoms with Crippen molar-refractivity contribution < 1.29 is 9.32 Å². The first-order valence-electron chi connectivity index (χ1n) is 10.4. The van der Waals surface area contributed by atoms with Gasteiger partial charge in [-0.05, 0) is 30.2 Å². The van der Waals surface area contributed by atoms with E-state index in [1.165, 1.54) is 0 Å². The van der Waals surface area contributed by atoms with Crippen LogP contribution in [0.1, 0.15) is 28.9 Å². The maximum atomic E-state index is 12.9. The number of benzene rings is 2. The van der Waals surface area contributed by atoms with Crippen molar-refractivity contribution in [3.63, 3.8) is 0 Å². The molecule has 3 aromatic rings. The molecule has 0 aliphatic carbocycles. The molecule has 0 radical (unpaired) electrons. The zero-order chi connectivity index (χ0) is 21.6. The maximum Gasteiger partial charge on any atom is 0.240 e. The van der Waals surface area contributed by atoms with E-state index in [2.05, 4.69) is 25.3 Å². The Balaban J connectivity index is 1.33. The molecular weight excluding hydrogens is 414 g/mol. The molecule has 0 spiro atoms. The second-order valence-electron chi connectivity index (χ2n) is 7.75. The van der Waals surface area contributed by atoms with E-state index in [9.17, 15) is 4.79 Å². The number of amides is 1. The molecule has 1 saturated heterocycles. The molecule has 0 saturated carbocycles. The van der Waals surface area contributed by atoms with Crippen molar-refractivity contribution in [2.24, 2.45) is 0 Å². The molecule has 1 atom stereocenters. The van der Waals surface area contributed by atoms with Gasteiger partial charge in [-0.3, -0.25) is 14.6 Å². The number of halogens is 1. The van der Waals surface area contributed by atoms with Crippen LogP contribution in [0.2, 0.25) is 5.02 Å². The Morgan fingerprint density at radius 1 is 1.03 bits per heavy atom. The minimum absolute atomic E-state index is 0.00443. The highest BCUT2D eigenvalue weighted by Gasteiger charge is 2.22. The number of nitrogens with one attached hydrogen (secondary N) is 1. The minimum Gasteiger partial charge on any atom is -0.344 e. The third-order valence-corrected chi connectivity index (χ3v) is 5.65. The van der Waals surface area contributed by atoms with E-state index >= 15 is 0 Å². The van der Waals surface area contributed by atoms with Crippen molar-refractivity contribution >= 4 is 17.5 Å². The molecular formula is C23H26ClN5O2. The Bertz CT molecular complexity index is 985. The summed E-state index contributed by atoms with van der Waals surface area (Å²) in [6.07, 6.45) is 0. The highest BCUT2D eigenvalue weighted by atomic mass is 35.5. The minimum atomic E-state index is -0.215. The van der Waals surface area contributed by atoms with Crippen molar-refractivity contribution in [2.45, 2.75) is 19.5 Å². The molecule has 8 heteroatoms. The van der Waals surface area contributed by atoms with Crippen molar-refractivity contribution in [3.05, 3.63) is 82.5 Å². The molecule has 2 aromatic carbocycles. The Kier molecular flexibility index (Phi) is 6.96. The van der Waals surface area contributed by atoms with Gasteiger partial charge in [0.05, 0.1) is 19.1 Å². The molecule has 162 valence electrons. The van der Waals surface area contributed by atoms with Gasteiger partial charge in [0, 0.05) is 31.2 Å². The quantitative estimate of drug-likeness (QED) is 0.610. The summed E-state index contributed by atoms with van der Waals surface area (Å²) in [7, 11) is 0. The normalized spacial score (nSPS) is 16.2. The molecule has 0 bridgehead atoms. The SMILES string of the molecule is Cc1noc(CN2CCN(CC(=O)NC(c3ccccc3)c3ccc(Cl)cc3)CC2)n1. The van der Waals surface area contributed by atoms with E-state index < -0.39 is 0 Å². The van der Waals surface area contributed by atoms with Crippen LogP contribution in [0.25, 0.3) is 0 Å². The number of aromatic nitrogens is 2. The predicted molar refractivity (Wildman–Crippen MR) is 119 cm³/mol. The van der Waals surface area contributed by atoms with Gasteiger partial charge in [0.1, 0.15) is 0 Å². The first kappa shape index (κ1) is 21.5. The lowest BCUT2D eigenvalue weighted by Gasteiger charge is -2.33. The predicted octanol–water partition coefficient (Wildman–Crippen LogP) is 3.05. The molecule has 1 aliphatic heterocycles. The van der Waals surface area contributed by atoms with Gasteiger partial charge in [-0.25, -0.2) is 0 Å². The number of piperazine rings is 1. The van der Waals surface area contributed by atoms with Gasteiger partial charge < -0.3 is 9.84 Å². The topological polar surface area (TPSA) is 74.5 Å². The van der Waals surface area contributed by atoms with Gasteiger partial charge in [0.15, 0.2) is 5.82 Å². The second-order valence-corrected chi connectivity index (χ2v) is 8.19.